The Balaban J connectivity index is 1.70. The summed E-state index contributed by atoms with van der Waals surface area (Å²) >= 11 is 3.41. The molecule has 0 aliphatic heterocycles. The van der Waals surface area contributed by atoms with E-state index in [9.17, 15) is 9.18 Å². The molecule has 0 aromatic heterocycles. The first-order chi connectivity index (χ1) is 15.0. The molecule has 160 valence electrons. The topological polar surface area (TPSA) is 69.2 Å². The quantitative estimate of drug-likeness (QED) is 0.361. The van der Waals surface area contributed by atoms with Crippen LogP contribution in [0.3, 0.4) is 0 Å². The van der Waals surface area contributed by atoms with E-state index in [-0.39, 0.29) is 12.4 Å². The minimum atomic E-state index is -0.408. The SMILES string of the molecule is COc1ccc(C(=O)N/N=C/c2cc(Br)ccc2OCc2cccc(F)c2)cc1OC. The van der Waals surface area contributed by atoms with Gasteiger partial charge < -0.3 is 14.2 Å². The number of nitrogens with one attached hydrogen (secondary N) is 1. The van der Waals surface area contributed by atoms with Crippen molar-refractivity contribution >= 4 is 28.1 Å². The standard InChI is InChI=1S/C23H20BrFN2O4/c1-29-21-8-6-16(12-22(21)30-2)23(28)27-26-13-17-11-18(24)7-9-20(17)31-14-15-4-3-5-19(25)10-15/h3-13H,14H2,1-2H3,(H,27,28)/b26-13+. The Kier molecular flexibility index (Phi) is 7.61. The number of amides is 1. The Morgan fingerprint density at radius 1 is 1.03 bits per heavy atom. The van der Waals surface area contributed by atoms with Crippen LogP contribution in [0.4, 0.5) is 4.39 Å². The third kappa shape index (κ3) is 6.05. The zero-order valence-corrected chi connectivity index (χ0v) is 18.5. The normalized spacial score (nSPS) is 10.7. The van der Waals surface area contributed by atoms with Crippen molar-refractivity contribution in [3.05, 3.63) is 87.6 Å². The fourth-order valence-corrected chi connectivity index (χ4v) is 3.12. The van der Waals surface area contributed by atoms with Gasteiger partial charge in [-0.05, 0) is 54.1 Å². The fraction of sp³-hybridized carbons (Fsp3) is 0.130. The molecule has 0 fully saturated rings. The van der Waals surface area contributed by atoms with Crippen molar-refractivity contribution in [2.24, 2.45) is 5.10 Å². The van der Waals surface area contributed by atoms with E-state index in [4.69, 9.17) is 14.2 Å². The van der Waals surface area contributed by atoms with E-state index in [1.807, 2.05) is 6.07 Å². The zero-order chi connectivity index (χ0) is 22.2. The van der Waals surface area contributed by atoms with E-state index >= 15 is 0 Å². The second kappa shape index (κ2) is 10.6. The highest BCUT2D eigenvalue weighted by atomic mass is 79.9. The van der Waals surface area contributed by atoms with Crippen LogP contribution in [0.5, 0.6) is 17.2 Å². The van der Waals surface area contributed by atoms with E-state index in [1.165, 1.54) is 32.6 Å². The summed E-state index contributed by atoms with van der Waals surface area (Å²) in [6.07, 6.45) is 1.48. The molecule has 0 radical (unpaired) electrons. The number of ether oxygens (including phenoxy) is 3. The average molecular weight is 487 g/mol. The summed E-state index contributed by atoms with van der Waals surface area (Å²) in [6, 6.07) is 16.4. The van der Waals surface area contributed by atoms with Crippen LogP contribution >= 0.6 is 15.9 Å². The zero-order valence-electron chi connectivity index (χ0n) is 16.9. The highest BCUT2D eigenvalue weighted by molar-refractivity contribution is 9.10. The van der Waals surface area contributed by atoms with E-state index in [2.05, 4.69) is 26.5 Å². The van der Waals surface area contributed by atoms with Crippen molar-refractivity contribution in [2.75, 3.05) is 14.2 Å². The van der Waals surface area contributed by atoms with Gasteiger partial charge >= 0.3 is 0 Å². The van der Waals surface area contributed by atoms with Gasteiger partial charge in [-0.3, -0.25) is 4.79 Å². The lowest BCUT2D eigenvalue weighted by atomic mass is 10.2. The number of methoxy groups -OCH3 is 2. The number of hydrogen-bond acceptors (Lipinski definition) is 5. The monoisotopic (exact) mass is 486 g/mol. The first-order valence-electron chi connectivity index (χ1n) is 9.22. The summed E-state index contributed by atoms with van der Waals surface area (Å²) in [4.78, 5) is 12.4. The molecule has 0 spiro atoms. The number of hydrogen-bond donors (Lipinski definition) is 1. The first kappa shape index (κ1) is 22.3. The van der Waals surface area contributed by atoms with Crippen molar-refractivity contribution < 1.29 is 23.4 Å². The summed E-state index contributed by atoms with van der Waals surface area (Å²) in [5.74, 6) is 0.776. The van der Waals surface area contributed by atoms with Gasteiger partial charge in [0.05, 0.1) is 20.4 Å². The molecule has 0 saturated heterocycles. The first-order valence-corrected chi connectivity index (χ1v) is 10.0. The van der Waals surface area contributed by atoms with Gasteiger partial charge in [0.2, 0.25) is 0 Å². The van der Waals surface area contributed by atoms with Gasteiger partial charge in [-0.2, -0.15) is 5.10 Å². The van der Waals surface area contributed by atoms with Crippen LogP contribution in [0.2, 0.25) is 0 Å². The number of hydrazone groups is 1. The molecule has 0 atom stereocenters. The molecule has 0 saturated carbocycles. The molecule has 3 rings (SSSR count). The van der Waals surface area contributed by atoms with Crippen LogP contribution in [0.25, 0.3) is 0 Å². The minimum absolute atomic E-state index is 0.193. The molecule has 0 aliphatic carbocycles. The lowest BCUT2D eigenvalue weighted by Gasteiger charge is -2.10. The van der Waals surface area contributed by atoms with Crippen molar-refractivity contribution in [3.63, 3.8) is 0 Å². The van der Waals surface area contributed by atoms with Gasteiger partial charge in [0, 0.05) is 15.6 Å². The summed E-state index contributed by atoms with van der Waals surface area (Å²) in [6.45, 7) is 0.193. The summed E-state index contributed by atoms with van der Waals surface area (Å²) in [5, 5.41) is 4.03. The third-order valence-corrected chi connectivity index (χ3v) is 4.76. The second-order valence-electron chi connectivity index (χ2n) is 6.37. The molecule has 1 amide bonds. The number of rotatable bonds is 8. The number of carbonyl (C=O) groups excluding carboxylic acids is 1. The maximum Gasteiger partial charge on any atom is 0.271 e. The summed E-state index contributed by atoms with van der Waals surface area (Å²) in [7, 11) is 3.02. The molecule has 0 bridgehead atoms. The average Bonchev–Trinajstić information content (AvgIpc) is 2.78. The van der Waals surface area contributed by atoms with Crippen LogP contribution < -0.4 is 19.6 Å². The Morgan fingerprint density at radius 2 is 1.81 bits per heavy atom. The Bertz CT molecular complexity index is 1100. The van der Waals surface area contributed by atoms with Crippen molar-refractivity contribution in [1.82, 2.24) is 5.43 Å². The lowest BCUT2D eigenvalue weighted by molar-refractivity contribution is 0.0954. The summed E-state index contributed by atoms with van der Waals surface area (Å²) in [5.41, 5.74) is 4.18. The Morgan fingerprint density at radius 3 is 2.55 bits per heavy atom. The molecule has 0 heterocycles. The van der Waals surface area contributed by atoms with Crippen molar-refractivity contribution in [2.45, 2.75) is 6.61 Å². The van der Waals surface area contributed by atoms with Gasteiger partial charge in [-0.15, -0.1) is 0 Å². The molecular weight excluding hydrogens is 467 g/mol. The smallest absolute Gasteiger partial charge is 0.271 e. The van der Waals surface area contributed by atoms with Crippen molar-refractivity contribution in [3.8, 4) is 17.2 Å². The molecule has 6 nitrogen and oxygen atoms in total. The van der Waals surface area contributed by atoms with E-state index in [0.29, 0.717) is 33.9 Å². The van der Waals surface area contributed by atoms with E-state index in [0.717, 1.165) is 4.47 Å². The Hall–Kier alpha value is -3.39. The van der Waals surface area contributed by atoms with Crippen molar-refractivity contribution in [1.29, 1.82) is 0 Å². The molecule has 3 aromatic carbocycles. The number of halogens is 2. The van der Waals surface area contributed by atoms with Crippen LogP contribution in [0.1, 0.15) is 21.5 Å². The molecular formula is C23H20BrFN2O4. The van der Waals surface area contributed by atoms with Gasteiger partial charge in [-0.25, -0.2) is 9.82 Å². The lowest BCUT2D eigenvalue weighted by Crippen LogP contribution is -2.17. The largest absolute Gasteiger partial charge is 0.493 e. The summed E-state index contributed by atoms with van der Waals surface area (Å²) < 4.78 is 30.4. The molecule has 1 N–H and O–H groups in total. The van der Waals surface area contributed by atoms with E-state index < -0.39 is 5.91 Å². The van der Waals surface area contributed by atoms with Crippen LogP contribution in [0.15, 0.2) is 70.2 Å². The third-order valence-electron chi connectivity index (χ3n) is 4.27. The minimum Gasteiger partial charge on any atom is -0.493 e. The van der Waals surface area contributed by atoms with Gasteiger partial charge in [0.25, 0.3) is 5.91 Å². The van der Waals surface area contributed by atoms with Crippen LogP contribution in [0, 0.1) is 5.82 Å². The number of nitrogens with zero attached hydrogens (tertiary/aromatic N) is 1. The predicted octanol–water partition coefficient (Wildman–Crippen LogP) is 4.95. The second-order valence-corrected chi connectivity index (χ2v) is 7.29. The molecule has 0 unspecified atom stereocenters. The predicted molar refractivity (Wildman–Crippen MR) is 119 cm³/mol. The van der Waals surface area contributed by atoms with Gasteiger partial charge in [0.15, 0.2) is 11.5 Å². The number of carbonyl (C=O) groups is 1. The van der Waals surface area contributed by atoms with Gasteiger partial charge in [0.1, 0.15) is 18.2 Å². The highest BCUT2D eigenvalue weighted by Gasteiger charge is 2.10. The molecule has 8 heteroatoms. The van der Waals surface area contributed by atoms with Crippen LogP contribution in [-0.2, 0) is 6.61 Å². The molecule has 31 heavy (non-hydrogen) atoms. The number of benzene rings is 3. The van der Waals surface area contributed by atoms with Crippen LogP contribution in [-0.4, -0.2) is 26.3 Å². The maximum atomic E-state index is 13.4. The maximum absolute atomic E-state index is 13.4. The Labute approximate surface area is 187 Å². The molecule has 0 aliphatic rings. The fourth-order valence-electron chi connectivity index (χ4n) is 2.74. The van der Waals surface area contributed by atoms with Gasteiger partial charge in [-0.1, -0.05) is 28.1 Å². The molecule has 3 aromatic rings. The van der Waals surface area contributed by atoms with E-state index in [1.54, 1.807) is 42.5 Å². The highest BCUT2D eigenvalue weighted by Crippen LogP contribution is 2.27.